The number of hydrogen-bond donors (Lipinski definition) is 0. The third-order valence-corrected chi connectivity index (χ3v) is 6.54. The van der Waals surface area contributed by atoms with Gasteiger partial charge < -0.3 is 0 Å². The fraction of sp³-hybridized carbons (Fsp3) is 0.0400. The van der Waals surface area contributed by atoms with Gasteiger partial charge in [0.2, 0.25) is 0 Å². The Morgan fingerprint density at radius 1 is 0.500 bits per heavy atom. The van der Waals surface area contributed by atoms with Crippen LogP contribution in [0, 0.1) is 6.92 Å². The van der Waals surface area contributed by atoms with Crippen molar-refractivity contribution in [2.24, 2.45) is 0 Å². The second-order valence-corrected chi connectivity index (χ2v) is 8.28. The summed E-state index contributed by atoms with van der Waals surface area (Å²) >= 11 is 1.89. The Labute approximate surface area is 155 Å². The van der Waals surface area contributed by atoms with Crippen molar-refractivity contribution in [3.63, 3.8) is 0 Å². The molecule has 0 aliphatic carbocycles. The molecule has 1 heteroatoms. The van der Waals surface area contributed by atoms with E-state index >= 15 is 0 Å². The largest absolute Gasteiger partial charge is 0.135 e. The zero-order valence-electron chi connectivity index (χ0n) is 14.4. The minimum absolute atomic E-state index is 1.30. The van der Waals surface area contributed by atoms with Crippen molar-refractivity contribution < 1.29 is 0 Å². The monoisotopic (exact) mass is 348 g/mol. The molecule has 1 aromatic heterocycles. The molecule has 26 heavy (non-hydrogen) atoms. The highest BCUT2D eigenvalue weighted by molar-refractivity contribution is 7.25. The fourth-order valence-electron chi connectivity index (χ4n) is 4.08. The van der Waals surface area contributed by atoms with Gasteiger partial charge in [-0.3, -0.25) is 0 Å². The minimum Gasteiger partial charge on any atom is -0.135 e. The van der Waals surface area contributed by atoms with Gasteiger partial charge in [-0.05, 0) is 87.8 Å². The highest BCUT2D eigenvalue weighted by Gasteiger charge is 2.08. The van der Waals surface area contributed by atoms with Crippen LogP contribution in [0.5, 0.6) is 0 Å². The standard InChI is InChI=1S/C25H16S/c1-15-6-7-24-22(8-15)23-13-20-11-18-9-16-4-2-3-5-17(16)10-19(18)12-21(20)14-25(23)26-24/h2-14H,1H3. The van der Waals surface area contributed by atoms with E-state index < -0.39 is 0 Å². The summed E-state index contributed by atoms with van der Waals surface area (Å²) in [6.07, 6.45) is 0. The Balaban J connectivity index is 1.74. The van der Waals surface area contributed by atoms with E-state index in [2.05, 4.69) is 85.8 Å². The van der Waals surface area contributed by atoms with Crippen LogP contribution in [0.4, 0.5) is 0 Å². The van der Waals surface area contributed by atoms with Gasteiger partial charge in [-0.25, -0.2) is 0 Å². The van der Waals surface area contributed by atoms with E-state index in [1.807, 2.05) is 11.3 Å². The van der Waals surface area contributed by atoms with E-state index in [1.165, 1.54) is 58.1 Å². The van der Waals surface area contributed by atoms with Gasteiger partial charge in [0.1, 0.15) is 0 Å². The van der Waals surface area contributed by atoms with Crippen molar-refractivity contribution in [1.82, 2.24) is 0 Å². The summed E-state index contributed by atoms with van der Waals surface area (Å²) in [5.74, 6) is 0. The Morgan fingerprint density at radius 3 is 1.81 bits per heavy atom. The molecule has 6 rings (SSSR count). The SMILES string of the molecule is Cc1ccc2sc3cc4cc5cc6ccccc6cc5cc4cc3c2c1. The normalized spacial score (nSPS) is 12.0. The first kappa shape index (κ1) is 14.3. The van der Waals surface area contributed by atoms with Crippen molar-refractivity contribution in [3.05, 3.63) is 84.4 Å². The van der Waals surface area contributed by atoms with Crippen molar-refractivity contribution in [3.8, 4) is 0 Å². The number of thiophene rings is 1. The van der Waals surface area contributed by atoms with Crippen LogP contribution in [0.3, 0.4) is 0 Å². The van der Waals surface area contributed by atoms with Crippen molar-refractivity contribution in [2.75, 3.05) is 0 Å². The van der Waals surface area contributed by atoms with Gasteiger partial charge in [-0.1, -0.05) is 35.9 Å². The summed E-state index contributed by atoms with van der Waals surface area (Å²) in [4.78, 5) is 0. The van der Waals surface area contributed by atoms with Crippen molar-refractivity contribution in [2.45, 2.75) is 6.92 Å². The predicted octanol–water partition coefficient (Wildman–Crippen LogP) is 7.82. The second-order valence-electron chi connectivity index (χ2n) is 7.20. The van der Waals surface area contributed by atoms with Crippen molar-refractivity contribution in [1.29, 1.82) is 0 Å². The summed E-state index contributed by atoms with van der Waals surface area (Å²) in [6, 6.07) is 29.4. The van der Waals surface area contributed by atoms with Crippen LogP contribution >= 0.6 is 11.3 Å². The van der Waals surface area contributed by atoms with E-state index in [-0.39, 0.29) is 0 Å². The molecule has 0 fully saturated rings. The molecule has 0 radical (unpaired) electrons. The summed E-state index contributed by atoms with van der Waals surface area (Å²) in [5, 5.41) is 10.6. The molecule has 0 saturated heterocycles. The summed E-state index contributed by atoms with van der Waals surface area (Å²) in [5.41, 5.74) is 1.32. The average Bonchev–Trinajstić information content (AvgIpc) is 2.99. The Morgan fingerprint density at radius 2 is 1.08 bits per heavy atom. The van der Waals surface area contributed by atoms with Crippen molar-refractivity contribution >= 4 is 63.8 Å². The molecule has 0 aliphatic heterocycles. The van der Waals surface area contributed by atoms with Crippen LogP contribution in [0.1, 0.15) is 5.56 Å². The Hall–Kier alpha value is -2.90. The highest BCUT2D eigenvalue weighted by atomic mass is 32.1. The molecule has 5 aromatic carbocycles. The maximum absolute atomic E-state index is 2.37. The first-order valence-electron chi connectivity index (χ1n) is 8.94. The van der Waals surface area contributed by atoms with Gasteiger partial charge in [0.05, 0.1) is 0 Å². The highest BCUT2D eigenvalue weighted by Crippen LogP contribution is 2.38. The van der Waals surface area contributed by atoms with Crippen LogP contribution in [-0.2, 0) is 0 Å². The topological polar surface area (TPSA) is 0 Å². The Bertz CT molecular complexity index is 1480. The molecule has 0 atom stereocenters. The van der Waals surface area contributed by atoms with Crippen LogP contribution in [0.25, 0.3) is 52.5 Å². The van der Waals surface area contributed by atoms with Gasteiger partial charge in [-0.15, -0.1) is 11.3 Å². The van der Waals surface area contributed by atoms with Gasteiger partial charge in [0, 0.05) is 20.2 Å². The molecule has 0 aliphatic rings. The number of fused-ring (bicyclic) bond motifs is 6. The smallest absolute Gasteiger partial charge is 0.0361 e. The number of aryl methyl sites for hydroxylation is 1. The van der Waals surface area contributed by atoms with E-state index in [0.717, 1.165) is 0 Å². The molecule has 0 amide bonds. The quantitative estimate of drug-likeness (QED) is 0.245. The maximum Gasteiger partial charge on any atom is 0.0361 e. The van der Waals surface area contributed by atoms with E-state index in [9.17, 15) is 0 Å². The third kappa shape index (κ3) is 2.01. The van der Waals surface area contributed by atoms with Crippen LogP contribution < -0.4 is 0 Å². The van der Waals surface area contributed by atoms with Crippen LogP contribution in [-0.4, -0.2) is 0 Å². The zero-order chi connectivity index (χ0) is 17.3. The fourth-order valence-corrected chi connectivity index (χ4v) is 5.20. The Kier molecular flexibility index (Phi) is 2.78. The molecule has 0 unspecified atom stereocenters. The second kappa shape index (κ2) is 5.06. The molecule has 6 aromatic rings. The number of rotatable bonds is 0. The van der Waals surface area contributed by atoms with Crippen LogP contribution in [0.2, 0.25) is 0 Å². The van der Waals surface area contributed by atoms with Gasteiger partial charge in [0.15, 0.2) is 0 Å². The first-order valence-corrected chi connectivity index (χ1v) is 9.75. The number of benzene rings is 5. The molecule has 0 nitrogen and oxygen atoms in total. The van der Waals surface area contributed by atoms with Gasteiger partial charge in [0.25, 0.3) is 0 Å². The summed E-state index contributed by atoms with van der Waals surface area (Å²) in [7, 11) is 0. The molecule has 0 saturated carbocycles. The van der Waals surface area contributed by atoms with E-state index in [0.29, 0.717) is 0 Å². The average molecular weight is 348 g/mol. The van der Waals surface area contributed by atoms with E-state index in [4.69, 9.17) is 0 Å². The zero-order valence-corrected chi connectivity index (χ0v) is 15.2. The minimum atomic E-state index is 1.30. The molecule has 0 bridgehead atoms. The summed E-state index contributed by atoms with van der Waals surface area (Å²) in [6.45, 7) is 2.17. The molecular weight excluding hydrogens is 332 g/mol. The summed E-state index contributed by atoms with van der Waals surface area (Å²) < 4.78 is 2.74. The lowest BCUT2D eigenvalue weighted by molar-refractivity contribution is 1.52. The van der Waals surface area contributed by atoms with Crippen LogP contribution in [0.15, 0.2) is 78.9 Å². The molecule has 1 heterocycles. The lowest BCUT2D eigenvalue weighted by atomic mass is 9.98. The molecule has 0 spiro atoms. The molecule has 122 valence electrons. The van der Waals surface area contributed by atoms with Gasteiger partial charge in [-0.2, -0.15) is 0 Å². The van der Waals surface area contributed by atoms with Gasteiger partial charge >= 0.3 is 0 Å². The molecule has 0 N–H and O–H groups in total. The predicted molar refractivity (Wildman–Crippen MR) is 117 cm³/mol. The number of hydrogen-bond acceptors (Lipinski definition) is 1. The lowest BCUT2D eigenvalue weighted by Crippen LogP contribution is -1.79. The lowest BCUT2D eigenvalue weighted by Gasteiger charge is -2.06. The maximum atomic E-state index is 2.37. The molecular formula is C25H16S. The third-order valence-electron chi connectivity index (χ3n) is 5.40. The first-order chi connectivity index (χ1) is 12.7. The van der Waals surface area contributed by atoms with E-state index in [1.54, 1.807) is 0 Å².